The van der Waals surface area contributed by atoms with Crippen LogP contribution in [0.4, 0.5) is 11.4 Å². The maximum atomic E-state index is 8.36. The lowest BCUT2D eigenvalue weighted by molar-refractivity contribution is 0.905. The minimum Gasteiger partial charge on any atom is -0.361 e. The monoisotopic (exact) mass is 246 g/mol. The molecule has 2 N–H and O–H groups in total. The van der Waals surface area contributed by atoms with Crippen LogP contribution in [0.15, 0.2) is 29.4 Å². The molecule has 1 rings (SSSR count). The summed E-state index contributed by atoms with van der Waals surface area (Å²) in [5.74, 6) is 0. The SMILES string of the molecule is N#CCCNC(=S)Nc1ccc(N=[N+]=[N-])cc1. The Morgan fingerprint density at radius 3 is 2.76 bits per heavy atom. The molecular formula is C10H10N6S. The van der Waals surface area contributed by atoms with Gasteiger partial charge in [0.2, 0.25) is 0 Å². The fourth-order valence-corrected chi connectivity index (χ4v) is 1.29. The molecule has 0 saturated heterocycles. The summed E-state index contributed by atoms with van der Waals surface area (Å²) in [4.78, 5) is 2.68. The van der Waals surface area contributed by atoms with Crippen molar-refractivity contribution in [3.05, 3.63) is 34.7 Å². The molecule has 0 amide bonds. The Morgan fingerprint density at radius 2 is 2.18 bits per heavy atom. The molecule has 0 aliphatic rings. The molecule has 17 heavy (non-hydrogen) atoms. The van der Waals surface area contributed by atoms with E-state index in [1.807, 2.05) is 6.07 Å². The number of nitriles is 1. The second-order valence-electron chi connectivity index (χ2n) is 3.03. The average Bonchev–Trinajstić information content (AvgIpc) is 2.32. The van der Waals surface area contributed by atoms with Gasteiger partial charge in [0, 0.05) is 22.8 Å². The highest BCUT2D eigenvalue weighted by Crippen LogP contribution is 2.16. The lowest BCUT2D eigenvalue weighted by Crippen LogP contribution is -2.28. The summed E-state index contributed by atoms with van der Waals surface area (Å²) >= 11 is 5.02. The number of nitrogens with zero attached hydrogens (tertiary/aromatic N) is 4. The van der Waals surface area contributed by atoms with Gasteiger partial charge in [0.25, 0.3) is 0 Å². The largest absolute Gasteiger partial charge is 0.361 e. The second kappa shape index (κ2) is 7.06. The van der Waals surface area contributed by atoms with Crippen molar-refractivity contribution in [1.29, 1.82) is 5.26 Å². The normalized spacial score (nSPS) is 8.65. The Hall–Kier alpha value is -2.29. The van der Waals surface area contributed by atoms with Crippen molar-refractivity contribution in [2.75, 3.05) is 11.9 Å². The molecule has 6 nitrogen and oxygen atoms in total. The quantitative estimate of drug-likeness (QED) is 0.280. The molecule has 0 aliphatic heterocycles. The minimum absolute atomic E-state index is 0.400. The number of anilines is 1. The van der Waals surface area contributed by atoms with Crippen molar-refractivity contribution in [1.82, 2.24) is 5.32 Å². The van der Waals surface area contributed by atoms with Gasteiger partial charge in [0.15, 0.2) is 5.11 Å². The molecule has 0 fully saturated rings. The molecule has 0 saturated carbocycles. The first kappa shape index (κ1) is 12.8. The Kier molecular flexibility index (Phi) is 5.31. The highest BCUT2D eigenvalue weighted by Gasteiger charge is 1.96. The van der Waals surface area contributed by atoms with Crippen LogP contribution in [0.1, 0.15) is 6.42 Å². The minimum atomic E-state index is 0.400. The summed E-state index contributed by atoms with van der Waals surface area (Å²) in [5, 5.41) is 18.1. The lowest BCUT2D eigenvalue weighted by Gasteiger charge is -2.08. The summed E-state index contributed by atoms with van der Waals surface area (Å²) in [6, 6.07) is 8.88. The van der Waals surface area contributed by atoms with Crippen LogP contribution in [0.2, 0.25) is 0 Å². The van der Waals surface area contributed by atoms with Crippen LogP contribution in [-0.4, -0.2) is 11.7 Å². The molecular weight excluding hydrogens is 236 g/mol. The molecule has 1 aromatic rings. The number of azide groups is 1. The molecule has 1 aromatic carbocycles. The summed E-state index contributed by atoms with van der Waals surface area (Å²) < 4.78 is 0. The van der Waals surface area contributed by atoms with E-state index in [0.717, 1.165) is 5.69 Å². The van der Waals surface area contributed by atoms with Crippen molar-refractivity contribution in [2.24, 2.45) is 5.11 Å². The van der Waals surface area contributed by atoms with E-state index in [9.17, 15) is 0 Å². The smallest absolute Gasteiger partial charge is 0.170 e. The van der Waals surface area contributed by atoms with Gasteiger partial charge in [-0.1, -0.05) is 17.2 Å². The molecule has 0 aromatic heterocycles. The number of rotatable bonds is 4. The van der Waals surface area contributed by atoms with Crippen molar-refractivity contribution in [3.63, 3.8) is 0 Å². The summed E-state index contributed by atoms with van der Waals surface area (Å²) in [6.45, 7) is 0.513. The Bertz CT molecular complexity index is 469. The Morgan fingerprint density at radius 1 is 1.47 bits per heavy atom. The molecule has 0 atom stereocenters. The predicted octanol–water partition coefficient (Wildman–Crippen LogP) is 2.83. The van der Waals surface area contributed by atoms with Crippen LogP contribution in [0, 0.1) is 11.3 Å². The summed E-state index contributed by atoms with van der Waals surface area (Å²) in [5.41, 5.74) is 9.57. The van der Waals surface area contributed by atoms with Crippen molar-refractivity contribution < 1.29 is 0 Å². The number of hydrogen-bond acceptors (Lipinski definition) is 3. The van der Waals surface area contributed by atoms with Crippen LogP contribution in [-0.2, 0) is 0 Å². The van der Waals surface area contributed by atoms with Gasteiger partial charge in [0.05, 0.1) is 12.5 Å². The van der Waals surface area contributed by atoms with Crippen LogP contribution in [0.25, 0.3) is 10.4 Å². The summed E-state index contributed by atoms with van der Waals surface area (Å²) in [7, 11) is 0. The molecule has 0 unspecified atom stereocenters. The van der Waals surface area contributed by atoms with Gasteiger partial charge < -0.3 is 10.6 Å². The first-order chi connectivity index (χ1) is 8.26. The standard InChI is InChI=1S/C10H10N6S/c11-6-1-7-13-10(17)14-8-2-4-9(5-3-8)15-16-12/h2-5H,1,7H2,(H2,13,14,17). The highest BCUT2D eigenvalue weighted by molar-refractivity contribution is 7.80. The van der Waals surface area contributed by atoms with E-state index in [0.29, 0.717) is 23.8 Å². The van der Waals surface area contributed by atoms with Crippen molar-refractivity contribution >= 4 is 28.7 Å². The topological polar surface area (TPSA) is 96.6 Å². The van der Waals surface area contributed by atoms with E-state index in [2.05, 4.69) is 20.7 Å². The van der Waals surface area contributed by atoms with Gasteiger partial charge in [-0.3, -0.25) is 0 Å². The summed E-state index contributed by atoms with van der Waals surface area (Å²) in [6.07, 6.45) is 0.400. The second-order valence-corrected chi connectivity index (χ2v) is 3.43. The molecule has 0 radical (unpaired) electrons. The third kappa shape index (κ3) is 4.84. The van der Waals surface area contributed by atoms with E-state index in [-0.39, 0.29) is 0 Å². The van der Waals surface area contributed by atoms with E-state index in [4.69, 9.17) is 23.0 Å². The van der Waals surface area contributed by atoms with Gasteiger partial charge >= 0.3 is 0 Å². The van der Waals surface area contributed by atoms with Crippen molar-refractivity contribution in [2.45, 2.75) is 6.42 Å². The van der Waals surface area contributed by atoms with Gasteiger partial charge in [0.1, 0.15) is 0 Å². The van der Waals surface area contributed by atoms with E-state index in [1.165, 1.54) is 0 Å². The predicted molar refractivity (Wildman–Crippen MR) is 69.7 cm³/mol. The van der Waals surface area contributed by atoms with Crippen LogP contribution < -0.4 is 10.6 Å². The van der Waals surface area contributed by atoms with Gasteiger partial charge in [-0.15, -0.1) is 0 Å². The van der Waals surface area contributed by atoms with Crippen LogP contribution in [0.3, 0.4) is 0 Å². The molecule has 7 heteroatoms. The molecule has 0 aliphatic carbocycles. The number of nitrogens with one attached hydrogen (secondary N) is 2. The van der Waals surface area contributed by atoms with Crippen molar-refractivity contribution in [3.8, 4) is 6.07 Å². The zero-order chi connectivity index (χ0) is 12.5. The van der Waals surface area contributed by atoms with E-state index >= 15 is 0 Å². The molecule has 0 spiro atoms. The lowest BCUT2D eigenvalue weighted by atomic mass is 10.3. The first-order valence-corrected chi connectivity index (χ1v) is 5.24. The molecule has 86 valence electrons. The highest BCUT2D eigenvalue weighted by atomic mass is 32.1. The maximum absolute atomic E-state index is 8.36. The Balaban J connectivity index is 2.49. The number of thiocarbonyl (C=S) groups is 1. The van der Waals surface area contributed by atoms with E-state index in [1.54, 1.807) is 24.3 Å². The fraction of sp³-hybridized carbons (Fsp3) is 0.200. The van der Waals surface area contributed by atoms with Crippen LogP contribution >= 0.6 is 12.2 Å². The van der Waals surface area contributed by atoms with Gasteiger partial charge in [-0.05, 0) is 29.9 Å². The first-order valence-electron chi connectivity index (χ1n) is 4.83. The van der Waals surface area contributed by atoms with Gasteiger partial charge in [-0.25, -0.2) is 0 Å². The Labute approximate surface area is 104 Å². The molecule has 0 bridgehead atoms. The molecule has 0 heterocycles. The third-order valence-corrected chi connectivity index (χ3v) is 2.05. The maximum Gasteiger partial charge on any atom is 0.170 e. The third-order valence-electron chi connectivity index (χ3n) is 1.81. The van der Waals surface area contributed by atoms with Gasteiger partial charge in [-0.2, -0.15) is 5.26 Å². The zero-order valence-electron chi connectivity index (χ0n) is 8.92. The van der Waals surface area contributed by atoms with E-state index < -0.39 is 0 Å². The number of hydrogen-bond donors (Lipinski definition) is 2. The zero-order valence-corrected chi connectivity index (χ0v) is 9.74. The van der Waals surface area contributed by atoms with Crippen LogP contribution in [0.5, 0.6) is 0 Å². The average molecular weight is 246 g/mol. The fourth-order valence-electron chi connectivity index (χ4n) is 1.07. The number of benzene rings is 1.